The van der Waals surface area contributed by atoms with Crippen molar-refractivity contribution in [2.75, 3.05) is 11.5 Å². The molecule has 1 atom stereocenters. The Morgan fingerprint density at radius 3 is 2.46 bits per heavy atom. The first-order chi connectivity index (χ1) is 16.6. The second-order valence-corrected chi connectivity index (χ2v) is 9.30. The number of ketones is 1. The number of amides is 1. The average Bonchev–Trinajstić information content (AvgIpc) is 3.36. The molecule has 0 bridgehead atoms. The number of anilines is 1. The molecule has 1 aliphatic rings. The second-order valence-electron chi connectivity index (χ2n) is 8.89. The summed E-state index contributed by atoms with van der Waals surface area (Å²) >= 11 is 6.34. The Hall–Kier alpha value is -3.51. The number of rotatable bonds is 6. The maximum atomic E-state index is 13.3. The predicted octanol–water partition coefficient (Wildman–Crippen LogP) is 6.70. The van der Waals surface area contributed by atoms with Gasteiger partial charge in [-0.1, -0.05) is 31.5 Å². The fourth-order valence-corrected chi connectivity index (χ4v) is 4.46. The minimum Gasteiger partial charge on any atom is -0.507 e. The van der Waals surface area contributed by atoms with Gasteiger partial charge in [-0.3, -0.25) is 14.5 Å². The van der Waals surface area contributed by atoms with E-state index in [0.717, 1.165) is 11.1 Å². The molecule has 1 amide bonds. The first-order valence-electron chi connectivity index (χ1n) is 11.5. The fraction of sp³-hybridized carbons (Fsp3) is 0.286. The zero-order chi connectivity index (χ0) is 25.4. The lowest BCUT2D eigenvalue weighted by atomic mass is 9.95. The molecule has 0 aliphatic carbocycles. The van der Waals surface area contributed by atoms with Crippen LogP contribution in [-0.4, -0.2) is 23.4 Å². The van der Waals surface area contributed by atoms with Crippen LogP contribution in [0, 0.1) is 13.8 Å². The number of benzene rings is 2. The molecular formula is C28H28ClNO5. The van der Waals surface area contributed by atoms with E-state index in [-0.39, 0.29) is 17.3 Å². The standard InChI is InChI=1S/C28H28ClNO5/c1-6-34-22-12-9-18(13-20(22)15(2)3)26(31)24-25(23-11-8-17(5)35-23)30(28(33)27(24)32)19-10-7-16(4)21(29)14-19/h7-15,25,31H,6H2,1-5H3/b26-24-. The SMILES string of the molecule is CCOc1ccc(/C(O)=C2/C(=O)C(=O)N(c3ccc(C)c(Cl)c3)C2c2ccc(C)o2)cc1C(C)C. The van der Waals surface area contributed by atoms with Crippen molar-refractivity contribution in [3.05, 3.63) is 87.3 Å². The van der Waals surface area contributed by atoms with Gasteiger partial charge in [-0.05, 0) is 80.3 Å². The largest absolute Gasteiger partial charge is 0.507 e. The summed E-state index contributed by atoms with van der Waals surface area (Å²) in [5.74, 6) is -0.00516. The van der Waals surface area contributed by atoms with E-state index >= 15 is 0 Å². The molecule has 0 radical (unpaired) electrons. The molecule has 1 aliphatic heterocycles. The Morgan fingerprint density at radius 1 is 1.11 bits per heavy atom. The summed E-state index contributed by atoms with van der Waals surface area (Å²) in [7, 11) is 0. The third-order valence-corrected chi connectivity index (χ3v) is 6.52. The highest BCUT2D eigenvalue weighted by Gasteiger charge is 2.48. The zero-order valence-corrected chi connectivity index (χ0v) is 21.1. The molecule has 3 aromatic rings. The predicted molar refractivity (Wildman–Crippen MR) is 136 cm³/mol. The van der Waals surface area contributed by atoms with Gasteiger partial charge in [0, 0.05) is 16.3 Å². The van der Waals surface area contributed by atoms with Gasteiger partial charge < -0.3 is 14.3 Å². The van der Waals surface area contributed by atoms with Gasteiger partial charge in [0.05, 0.1) is 12.2 Å². The maximum Gasteiger partial charge on any atom is 0.300 e. The molecule has 0 saturated carbocycles. The Balaban J connectivity index is 1.92. The zero-order valence-electron chi connectivity index (χ0n) is 20.4. The smallest absolute Gasteiger partial charge is 0.300 e. The van der Waals surface area contributed by atoms with Crippen molar-refractivity contribution in [3.8, 4) is 5.75 Å². The fourth-order valence-electron chi connectivity index (χ4n) is 4.29. The van der Waals surface area contributed by atoms with E-state index in [1.807, 2.05) is 27.7 Å². The number of carbonyl (C=O) groups excluding carboxylic acids is 2. The van der Waals surface area contributed by atoms with Crippen molar-refractivity contribution in [3.63, 3.8) is 0 Å². The van der Waals surface area contributed by atoms with Crippen LogP contribution < -0.4 is 9.64 Å². The van der Waals surface area contributed by atoms with Crippen LogP contribution in [0.5, 0.6) is 5.75 Å². The van der Waals surface area contributed by atoms with Crippen LogP contribution in [0.2, 0.25) is 5.02 Å². The summed E-state index contributed by atoms with van der Waals surface area (Å²) in [6, 6.07) is 12.9. The molecular weight excluding hydrogens is 466 g/mol. The molecule has 7 heteroatoms. The Morgan fingerprint density at radius 2 is 1.86 bits per heavy atom. The number of halogens is 1. The molecule has 1 fully saturated rings. The first-order valence-corrected chi connectivity index (χ1v) is 11.9. The average molecular weight is 494 g/mol. The van der Waals surface area contributed by atoms with Gasteiger partial charge in [0.2, 0.25) is 0 Å². The van der Waals surface area contributed by atoms with Crippen molar-refractivity contribution in [2.24, 2.45) is 0 Å². The normalized spacial score (nSPS) is 17.5. The number of aryl methyl sites for hydroxylation is 2. The quantitative estimate of drug-likeness (QED) is 0.235. The molecule has 2 heterocycles. The van der Waals surface area contributed by atoms with Gasteiger partial charge in [0.25, 0.3) is 11.7 Å². The molecule has 4 rings (SSSR count). The van der Waals surface area contributed by atoms with E-state index in [4.69, 9.17) is 20.8 Å². The topological polar surface area (TPSA) is 80.0 Å². The number of furan rings is 1. The summed E-state index contributed by atoms with van der Waals surface area (Å²) in [5, 5.41) is 11.9. The highest BCUT2D eigenvalue weighted by atomic mass is 35.5. The second kappa shape index (κ2) is 9.62. The summed E-state index contributed by atoms with van der Waals surface area (Å²) in [5.41, 5.74) is 2.55. The number of Topliss-reactive ketones (excluding diaryl/α,β-unsaturated/α-hetero) is 1. The van der Waals surface area contributed by atoms with Crippen LogP contribution in [0.4, 0.5) is 5.69 Å². The van der Waals surface area contributed by atoms with Gasteiger partial charge in [-0.15, -0.1) is 0 Å². The molecule has 6 nitrogen and oxygen atoms in total. The minimum atomic E-state index is -0.948. The lowest BCUT2D eigenvalue weighted by molar-refractivity contribution is -0.132. The van der Waals surface area contributed by atoms with E-state index in [2.05, 4.69) is 0 Å². The van der Waals surface area contributed by atoms with Crippen LogP contribution in [0.25, 0.3) is 5.76 Å². The molecule has 35 heavy (non-hydrogen) atoms. The van der Waals surface area contributed by atoms with E-state index in [0.29, 0.717) is 40.2 Å². The molecule has 1 saturated heterocycles. The van der Waals surface area contributed by atoms with Crippen molar-refractivity contribution in [2.45, 2.75) is 46.6 Å². The summed E-state index contributed by atoms with van der Waals surface area (Å²) in [6.07, 6.45) is 0. The summed E-state index contributed by atoms with van der Waals surface area (Å²) in [4.78, 5) is 27.9. The number of aliphatic hydroxyl groups is 1. The van der Waals surface area contributed by atoms with Crippen molar-refractivity contribution in [1.82, 2.24) is 0 Å². The van der Waals surface area contributed by atoms with Gasteiger partial charge >= 0.3 is 0 Å². The Labute approximate surface area is 209 Å². The number of aliphatic hydroxyl groups excluding tert-OH is 1. The number of hydrogen-bond acceptors (Lipinski definition) is 5. The monoisotopic (exact) mass is 493 g/mol. The van der Waals surface area contributed by atoms with Crippen LogP contribution in [0.1, 0.15) is 60.9 Å². The summed E-state index contributed by atoms with van der Waals surface area (Å²) < 4.78 is 11.6. The lowest BCUT2D eigenvalue weighted by Crippen LogP contribution is -2.29. The number of hydrogen-bond donors (Lipinski definition) is 1. The number of carbonyl (C=O) groups is 2. The van der Waals surface area contributed by atoms with Crippen LogP contribution in [0.3, 0.4) is 0 Å². The third-order valence-electron chi connectivity index (χ3n) is 6.11. The van der Waals surface area contributed by atoms with Crippen molar-refractivity contribution >= 4 is 34.7 Å². The third kappa shape index (κ3) is 4.46. The van der Waals surface area contributed by atoms with E-state index in [1.54, 1.807) is 55.5 Å². The van der Waals surface area contributed by atoms with Crippen LogP contribution in [-0.2, 0) is 9.59 Å². The number of ether oxygens (including phenoxy) is 1. The van der Waals surface area contributed by atoms with Gasteiger partial charge in [0.15, 0.2) is 0 Å². The number of nitrogens with zero attached hydrogens (tertiary/aromatic N) is 1. The molecule has 0 spiro atoms. The van der Waals surface area contributed by atoms with Crippen LogP contribution >= 0.6 is 11.6 Å². The van der Waals surface area contributed by atoms with E-state index in [9.17, 15) is 14.7 Å². The van der Waals surface area contributed by atoms with Crippen molar-refractivity contribution < 1.29 is 23.8 Å². The van der Waals surface area contributed by atoms with Crippen LogP contribution in [0.15, 0.2) is 58.5 Å². The van der Waals surface area contributed by atoms with Gasteiger partial charge in [0.1, 0.15) is 29.1 Å². The molecule has 2 aromatic carbocycles. The Kier molecular flexibility index (Phi) is 6.77. The highest BCUT2D eigenvalue weighted by Crippen LogP contribution is 2.44. The summed E-state index contributed by atoms with van der Waals surface area (Å²) in [6.45, 7) is 10.1. The maximum absolute atomic E-state index is 13.3. The van der Waals surface area contributed by atoms with Gasteiger partial charge in [-0.25, -0.2) is 0 Å². The molecule has 1 unspecified atom stereocenters. The molecule has 182 valence electrons. The van der Waals surface area contributed by atoms with Gasteiger partial charge in [-0.2, -0.15) is 0 Å². The van der Waals surface area contributed by atoms with Crippen molar-refractivity contribution in [1.29, 1.82) is 0 Å². The van der Waals surface area contributed by atoms with E-state index < -0.39 is 17.7 Å². The minimum absolute atomic E-state index is 0.0417. The lowest BCUT2D eigenvalue weighted by Gasteiger charge is -2.24. The Bertz CT molecular complexity index is 1340. The molecule has 1 N–H and O–H groups in total. The first kappa shape index (κ1) is 24.6. The van der Waals surface area contributed by atoms with E-state index in [1.165, 1.54) is 4.90 Å². The molecule has 1 aromatic heterocycles. The highest BCUT2D eigenvalue weighted by molar-refractivity contribution is 6.51.